The van der Waals surface area contributed by atoms with Gasteiger partial charge in [0.2, 0.25) is 5.91 Å². The first-order valence-electron chi connectivity index (χ1n) is 4.13. The fourth-order valence-corrected chi connectivity index (χ4v) is 1.04. The van der Waals surface area contributed by atoms with E-state index in [0.29, 0.717) is 23.9 Å². The van der Waals surface area contributed by atoms with Crippen molar-refractivity contribution in [1.82, 2.24) is 4.98 Å². The first-order valence-corrected chi connectivity index (χ1v) is 4.51. The van der Waals surface area contributed by atoms with E-state index in [2.05, 4.69) is 10.3 Å². The third-order valence-electron chi connectivity index (χ3n) is 1.55. The zero-order valence-electron chi connectivity index (χ0n) is 7.79. The van der Waals surface area contributed by atoms with E-state index in [1.165, 1.54) is 0 Å². The third kappa shape index (κ3) is 3.32. The number of carbonyl (C=O) groups excluding carboxylic acids is 1. The molecule has 0 bridgehead atoms. The molecule has 1 amide bonds. The Balaban J connectivity index is 2.52. The van der Waals surface area contributed by atoms with E-state index in [-0.39, 0.29) is 5.91 Å². The Labute approximate surface area is 87.2 Å². The monoisotopic (exact) mass is 214 g/mol. The van der Waals surface area contributed by atoms with Crippen molar-refractivity contribution in [3.8, 4) is 0 Å². The third-order valence-corrected chi connectivity index (χ3v) is 1.85. The number of ether oxygens (including phenoxy) is 1. The Bertz CT molecular complexity index is 317. The maximum absolute atomic E-state index is 11.2. The van der Waals surface area contributed by atoms with Gasteiger partial charge in [0, 0.05) is 13.3 Å². The summed E-state index contributed by atoms with van der Waals surface area (Å²) < 4.78 is 4.77. The van der Waals surface area contributed by atoms with Gasteiger partial charge < -0.3 is 10.1 Å². The molecule has 0 saturated carbocycles. The predicted molar refractivity (Wildman–Crippen MR) is 54.4 cm³/mol. The summed E-state index contributed by atoms with van der Waals surface area (Å²) in [7, 11) is 1.54. The lowest BCUT2D eigenvalue weighted by molar-refractivity contribution is -0.117. The van der Waals surface area contributed by atoms with Gasteiger partial charge in [0.15, 0.2) is 5.82 Å². The fourth-order valence-electron chi connectivity index (χ4n) is 0.867. The summed E-state index contributed by atoms with van der Waals surface area (Å²) in [5.74, 6) is 0.225. The lowest BCUT2D eigenvalue weighted by Gasteiger charge is -2.04. The van der Waals surface area contributed by atoms with Gasteiger partial charge in [-0.2, -0.15) is 0 Å². The Morgan fingerprint density at radius 3 is 3.14 bits per heavy atom. The second-order valence-electron chi connectivity index (χ2n) is 2.62. The maximum atomic E-state index is 11.2. The topological polar surface area (TPSA) is 51.2 Å². The van der Waals surface area contributed by atoms with Crippen LogP contribution in [0.15, 0.2) is 18.3 Å². The number of pyridine rings is 1. The number of amides is 1. The molecule has 1 heterocycles. The van der Waals surface area contributed by atoms with Gasteiger partial charge in [-0.1, -0.05) is 11.6 Å². The van der Waals surface area contributed by atoms with E-state index >= 15 is 0 Å². The highest BCUT2D eigenvalue weighted by molar-refractivity contribution is 6.33. The van der Waals surface area contributed by atoms with E-state index in [1.807, 2.05) is 0 Å². The van der Waals surface area contributed by atoms with E-state index in [1.54, 1.807) is 25.4 Å². The molecule has 5 heteroatoms. The molecule has 1 aromatic rings. The first kappa shape index (κ1) is 10.9. The van der Waals surface area contributed by atoms with Gasteiger partial charge >= 0.3 is 0 Å². The largest absolute Gasteiger partial charge is 0.384 e. The van der Waals surface area contributed by atoms with Gasteiger partial charge in [-0.25, -0.2) is 4.98 Å². The van der Waals surface area contributed by atoms with Crippen LogP contribution in [-0.2, 0) is 9.53 Å². The highest BCUT2D eigenvalue weighted by atomic mass is 35.5. The van der Waals surface area contributed by atoms with Gasteiger partial charge in [0.05, 0.1) is 18.1 Å². The van der Waals surface area contributed by atoms with Gasteiger partial charge in [0.25, 0.3) is 0 Å². The van der Waals surface area contributed by atoms with Crippen molar-refractivity contribution in [2.24, 2.45) is 0 Å². The van der Waals surface area contributed by atoms with Crippen molar-refractivity contribution in [3.63, 3.8) is 0 Å². The van der Waals surface area contributed by atoms with Gasteiger partial charge in [-0.3, -0.25) is 4.79 Å². The quantitative estimate of drug-likeness (QED) is 0.830. The first-order chi connectivity index (χ1) is 6.74. The van der Waals surface area contributed by atoms with Crippen LogP contribution in [0, 0.1) is 0 Å². The minimum Gasteiger partial charge on any atom is -0.384 e. The number of rotatable bonds is 4. The summed E-state index contributed by atoms with van der Waals surface area (Å²) >= 11 is 5.79. The van der Waals surface area contributed by atoms with Crippen LogP contribution in [0.5, 0.6) is 0 Å². The second-order valence-corrected chi connectivity index (χ2v) is 3.03. The number of carbonyl (C=O) groups is 1. The van der Waals surface area contributed by atoms with Gasteiger partial charge in [-0.05, 0) is 12.1 Å². The van der Waals surface area contributed by atoms with Crippen molar-refractivity contribution in [3.05, 3.63) is 23.4 Å². The van der Waals surface area contributed by atoms with E-state index in [4.69, 9.17) is 16.3 Å². The number of nitrogens with one attached hydrogen (secondary N) is 1. The molecule has 0 aliphatic heterocycles. The van der Waals surface area contributed by atoms with Gasteiger partial charge in [0.1, 0.15) is 0 Å². The number of hydrogen-bond donors (Lipinski definition) is 1. The number of hydrogen-bond acceptors (Lipinski definition) is 3. The molecule has 1 rings (SSSR count). The van der Waals surface area contributed by atoms with E-state index < -0.39 is 0 Å². The number of anilines is 1. The molecule has 0 aromatic carbocycles. The molecule has 76 valence electrons. The summed E-state index contributed by atoms with van der Waals surface area (Å²) in [6.45, 7) is 0.385. The summed E-state index contributed by atoms with van der Waals surface area (Å²) in [4.78, 5) is 15.2. The fraction of sp³-hybridized carbons (Fsp3) is 0.333. The number of nitrogens with zero attached hydrogens (tertiary/aromatic N) is 1. The van der Waals surface area contributed by atoms with Crippen molar-refractivity contribution in [2.45, 2.75) is 6.42 Å². The number of aromatic nitrogens is 1. The molecule has 0 unspecified atom stereocenters. The Morgan fingerprint density at radius 2 is 2.50 bits per heavy atom. The molecule has 0 saturated heterocycles. The highest BCUT2D eigenvalue weighted by Gasteiger charge is 2.05. The molecule has 0 aliphatic carbocycles. The van der Waals surface area contributed by atoms with Crippen molar-refractivity contribution >= 4 is 23.3 Å². The number of halogens is 1. The minimum absolute atomic E-state index is 0.160. The van der Waals surface area contributed by atoms with Crippen molar-refractivity contribution in [2.75, 3.05) is 19.0 Å². The zero-order valence-corrected chi connectivity index (χ0v) is 8.54. The predicted octanol–water partition coefficient (Wildman–Crippen LogP) is 1.71. The van der Waals surface area contributed by atoms with Crippen molar-refractivity contribution in [1.29, 1.82) is 0 Å². The van der Waals surface area contributed by atoms with Crippen LogP contribution < -0.4 is 5.32 Å². The van der Waals surface area contributed by atoms with Crippen LogP contribution in [0.25, 0.3) is 0 Å². The maximum Gasteiger partial charge on any atom is 0.227 e. The lowest BCUT2D eigenvalue weighted by atomic mass is 10.4. The molecule has 0 spiro atoms. The van der Waals surface area contributed by atoms with E-state index in [0.717, 1.165) is 0 Å². The molecular weight excluding hydrogens is 204 g/mol. The van der Waals surface area contributed by atoms with Gasteiger partial charge in [-0.15, -0.1) is 0 Å². The van der Waals surface area contributed by atoms with Crippen LogP contribution in [0.1, 0.15) is 6.42 Å². The summed E-state index contributed by atoms with van der Waals surface area (Å²) in [5.41, 5.74) is 0. The molecule has 1 aromatic heterocycles. The van der Waals surface area contributed by atoms with E-state index in [9.17, 15) is 4.79 Å². The Morgan fingerprint density at radius 1 is 1.71 bits per heavy atom. The zero-order chi connectivity index (χ0) is 10.4. The normalized spacial score (nSPS) is 9.86. The second kappa shape index (κ2) is 5.57. The van der Waals surface area contributed by atoms with Crippen LogP contribution in [0.2, 0.25) is 5.02 Å². The average Bonchev–Trinajstić information content (AvgIpc) is 2.18. The molecule has 4 nitrogen and oxygen atoms in total. The standard InChI is InChI=1S/C9H11ClN2O2/c1-14-6-4-8(13)12-9-7(10)3-2-5-11-9/h2-3,5H,4,6H2,1H3,(H,11,12,13). The lowest BCUT2D eigenvalue weighted by Crippen LogP contribution is -2.14. The molecular formula is C9H11ClN2O2. The molecule has 0 atom stereocenters. The smallest absolute Gasteiger partial charge is 0.227 e. The molecule has 0 fully saturated rings. The molecule has 1 N–H and O–H groups in total. The van der Waals surface area contributed by atoms with Crippen LogP contribution in [-0.4, -0.2) is 24.6 Å². The highest BCUT2D eigenvalue weighted by Crippen LogP contribution is 2.17. The summed E-state index contributed by atoms with van der Waals surface area (Å²) in [6, 6.07) is 3.37. The Kier molecular flexibility index (Phi) is 4.35. The summed E-state index contributed by atoms with van der Waals surface area (Å²) in [6.07, 6.45) is 1.86. The van der Waals surface area contributed by atoms with Crippen LogP contribution in [0.3, 0.4) is 0 Å². The van der Waals surface area contributed by atoms with Crippen LogP contribution >= 0.6 is 11.6 Å². The SMILES string of the molecule is COCCC(=O)Nc1ncccc1Cl. The molecule has 0 radical (unpaired) electrons. The minimum atomic E-state index is -0.160. The summed E-state index contributed by atoms with van der Waals surface area (Å²) in [5, 5.41) is 3.01. The molecule has 0 aliphatic rings. The van der Waals surface area contributed by atoms with Crippen LogP contribution in [0.4, 0.5) is 5.82 Å². The van der Waals surface area contributed by atoms with Crippen molar-refractivity contribution < 1.29 is 9.53 Å². The Hall–Kier alpha value is -1.13. The number of methoxy groups -OCH3 is 1. The average molecular weight is 215 g/mol. The molecule has 14 heavy (non-hydrogen) atoms.